The van der Waals surface area contributed by atoms with E-state index in [9.17, 15) is 4.79 Å². The van der Waals surface area contributed by atoms with Crippen molar-refractivity contribution >= 4 is 17.5 Å². The van der Waals surface area contributed by atoms with Gasteiger partial charge in [0.15, 0.2) is 0 Å². The van der Waals surface area contributed by atoms with Crippen molar-refractivity contribution in [3.63, 3.8) is 0 Å². The van der Waals surface area contributed by atoms with E-state index in [2.05, 4.69) is 39.1 Å². The van der Waals surface area contributed by atoms with Gasteiger partial charge >= 0.3 is 0 Å². The third-order valence-electron chi connectivity index (χ3n) is 7.42. The molecule has 1 aliphatic carbocycles. The highest BCUT2D eigenvalue weighted by molar-refractivity contribution is 6.31. The second-order valence-electron chi connectivity index (χ2n) is 11.4. The van der Waals surface area contributed by atoms with Crippen LogP contribution in [0.25, 0.3) is 0 Å². The highest BCUT2D eigenvalue weighted by Crippen LogP contribution is 2.55. The maximum atomic E-state index is 13.1. The Kier molecular flexibility index (Phi) is 13.5. The molecule has 1 saturated carbocycles. The van der Waals surface area contributed by atoms with E-state index >= 15 is 0 Å². The fraction of sp³-hybridized carbons (Fsp3) is 0.562. The van der Waals surface area contributed by atoms with Crippen molar-refractivity contribution in [3.8, 4) is 17.6 Å². The summed E-state index contributed by atoms with van der Waals surface area (Å²) in [5.41, 5.74) is 5.59. The Bertz CT molecular complexity index is 1180. The summed E-state index contributed by atoms with van der Waals surface area (Å²) < 4.78 is 33.6. The van der Waals surface area contributed by atoms with E-state index in [-0.39, 0.29) is 28.9 Å². The highest BCUT2D eigenvalue weighted by Gasteiger charge is 2.64. The van der Waals surface area contributed by atoms with Gasteiger partial charge in [0.25, 0.3) is 5.91 Å². The molecule has 2 aromatic rings. The van der Waals surface area contributed by atoms with Gasteiger partial charge in [0.1, 0.15) is 30.3 Å². The maximum Gasteiger partial charge on any atom is 0.251 e. The fourth-order valence-corrected chi connectivity index (χ4v) is 5.79. The SMILES string of the molecule is CC1(C)C(NC(=O)c2ccc(OCCOCCOCCOCCOCCN)cc2)C(C)(C)C1Oc1ccc(C#N)c(Cl)c1. The summed E-state index contributed by atoms with van der Waals surface area (Å²) in [5, 5.41) is 12.7. The lowest BCUT2D eigenvalue weighted by atomic mass is 9.49. The van der Waals surface area contributed by atoms with Crippen molar-refractivity contribution in [3.05, 3.63) is 58.6 Å². The van der Waals surface area contributed by atoms with Crippen LogP contribution in [0.3, 0.4) is 0 Å². The Balaban J connectivity index is 1.34. The molecule has 0 bridgehead atoms. The fourth-order valence-electron chi connectivity index (χ4n) is 5.58. The van der Waals surface area contributed by atoms with Gasteiger partial charge in [-0.2, -0.15) is 5.26 Å². The first-order valence-corrected chi connectivity index (χ1v) is 14.9. The molecule has 1 fully saturated rings. The molecule has 1 aliphatic rings. The standard InChI is InChI=1S/C32H44ClN3O7/c1-31(2)29(32(3,4)30(31)43-26-10-7-24(22-35)27(33)21-26)36-28(37)23-5-8-25(9-6-23)42-20-19-41-18-17-40-16-15-39-14-13-38-12-11-34/h5-10,21,29-30H,11-20,34H2,1-4H3,(H,36,37). The largest absolute Gasteiger partial charge is 0.491 e. The van der Waals surface area contributed by atoms with E-state index in [0.717, 1.165) is 0 Å². The van der Waals surface area contributed by atoms with Crippen molar-refractivity contribution < 1.29 is 33.2 Å². The van der Waals surface area contributed by atoms with Gasteiger partial charge in [0.2, 0.25) is 0 Å². The number of hydrogen-bond donors (Lipinski definition) is 2. The van der Waals surface area contributed by atoms with Gasteiger partial charge in [-0.1, -0.05) is 39.3 Å². The molecule has 3 N–H and O–H groups in total. The molecule has 2 aromatic carbocycles. The monoisotopic (exact) mass is 617 g/mol. The summed E-state index contributed by atoms with van der Waals surface area (Å²) in [4.78, 5) is 13.1. The average Bonchev–Trinajstić information content (AvgIpc) is 2.98. The summed E-state index contributed by atoms with van der Waals surface area (Å²) in [7, 11) is 0. The first-order chi connectivity index (χ1) is 20.6. The molecule has 0 aliphatic heterocycles. The van der Waals surface area contributed by atoms with Crippen molar-refractivity contribution in [1.82, 2.24) is 5.32 Å². The number of hydrogen-bond acceptors (Lipinski definition) is 9. The number of carbonyl (C=O) groups excluding carboxylic acids is 1. The number of nitrogens with one attached hydrogen (secondary N) is 1. The molecule has 236 valence electrons. The topological polar surface area (TPSA) is 134 Å². The third kappa shape index (κ3) is 9.80. The van der Waals surface area contributed by atoms with E-state index in [0.29, 0.717) is 93.7 Å². The quantitative estimate of drug-likeness (QED) is 0.222. The van der Waals surface area contributed by atoms with Gasteiger partial charge < -0.3 is 39.5 Å². The van der Waals surface area contributed by atoms with Gasteiger partial charge in [0, 0.05) is 35.0 Å². The van der Waals surface area contributed by atoms with E-state index in [1.807, 2.05) is 0 Å². The molecule has 0 radical (unpaired) electrons. The highest BCUT2D eigenvalue weighted by atomic mass is 35.5. The Morgan fingerprint density at radius 2 is 1.35 bits per heavy atom. The normalized spacial score (nSPS) is 18.3. The lowest BCUT2D eigenvalue weighted by molar-refractivity contribution is -0.164. The Hall–Kier alpha value is -2.91. The van der Waals surface area contributed by atoms with E-state index in [1.54, 1.807) is 42.5 Å². The van der Waals surface area contributed by atoms with Crippen LogP contribution in [0, 0.1) is 22.2 Å². The van der Waals surface area contributed by atoms with Crippen molar-refractivity contribution in [2.24, 2.45) is 16.6 Å². The number of amides is 1. The van der Waals surface area contributed by atoms with Crippen molar-refractivity contribution in [2.45, 2.75) is 39.8 Å². The number of carbonyl (C=O) groups is 1. The number of halogens is 1. The van der Waals surface area contributed by atoms with Crippen LogP contribution in [-0.2, 0) is 18.9 Å². The number of rotatable bonds is 19. The molecular weight excluding hydrogens is 574 g/mol. The molecule has 1 amide bonds. The lowest BCUT2D eigenvalue weighted by Gasteiger charge is -2.63. The Labute approximate surface area is 259 Å². The number of nitrogens with zero attached hydrogens (tertiary/aromatic N) is 1. The minimum absolute atomic E-state index is 0.128. The predicted octanol–water partition coefficient (Wildman–Crippen LogP) is 4.23. The number of nitriles is 1. The van der Waals surface area contributed by atoms with Gasteiger partial charge in [-0.15, -0.1) is 0 Å². The van der Waals surface area contributed by atoms with Gasteiger partial charge in [-0.25, -0.2) is 0 Å². The predicted molar refractivity (Wildman–Crippen MR) is 164 cm³/mol. The van der Waals surface area contributed by atoms with Gasteiger partial charge in [0.05, 0.1) is 63.4 Å². The van der Waals surface area contributed by atoms with Crippen LogP contribution in [0.4, 0.5) is 0 Å². The maximum absolute atomic E-state index is 13.1. The third-order valence-corrected chi connectivity index (χ3v) is 7.73. The summed E-state index contributed by atoms with van der Waals surface area (Å²) in [6, 6.07) is 14.0. The van der Waals surface area contributed by atoms with Crippen LogP contribution in [0.5, 0.6) is 11.5 Å². The first kappa shape index (κ1) is 34.6. The molecule has 0 spiro atoms. The summed E-state index contributed by atoms with van der Waals surface area (Å²) in [6.07, 6.45) is -0.176. The molecule has 43 heavy (non-hydrogen) atoms. The smallest absolute Gasteiger partial charge is 0.251 e. The molecule has 11 heteroatoms. The van der Waals surface area contributed by atoms with Crippen LogP contribution in [0.2, 0.25) is 5.02 Å². The molecule has 0 aromatic heterocycles. The molecule has 0 saturated heterocycles. The summed E-state index contributed by atoms with van der Waals surface area (Å²) in [6.45, 7) is 13.1. The van der Waals surface area contributed by atoms with Crippen LogP contribution >= 0.6 is 11.6 Å². The average molecular weight is 618 g/mol. The number of benzene rings is 2. The van der Waals surface area contributed by atoms with Gasteiger partial charge in [-0.05, 0) is 36.4 Å². The van der Waals surface area contributed by atoms with Crippen molar-refractivity contribution in [1.29, 1.82) is 5.26 Å². The second-order valence-corrected chi connectivity index (χ2v) is 11.8. The van der Waals surface area contributed by atoms with E-state index < -0.39 is 0 Å². The zero-order valence-corrected chi connectivity index (χ0v) is 26.3. The molecule has 0 heterocycles. The van der Waals surface area contributed by atoms with Gasteiger partial charge in [-0.3, -0.25) is 4.79 Å². The molecule has 3 rings (SSSR count). The van der Waals surface area contributed by atoms with Crippen LogP contribution < -0.4 is 20.5 Å². The van der Waals surface area contributed by atoms with Crippen LogP contribution in [0.1, 0.15) is 43.6 Å². The van der Waals surface area contributed by atoms with Crippen LogP contribution in [-0.4, -0.2) is 84.1 Å². The minimum Gasteiger partial charge on any atom is -0.491 e. The van der Waals surface area contributed by atoms with E-state index in [4.69, 9.17) is 51.0 Å². The lowest BCUT2D eigenvalue weighted by Crippen LogP contribution is -2.74. The second kappa shape index (κ2) is 16.8. The van der Waals surface area contributed by atoms with Crippen molar-refractivity contribution in [2.75, 3.05) is 66.0 Å². The molecule has 0 unspecified atom stereocenters. The zero-order valence-electron chi connectivity index (χ0n) is 25.5. The zero-order chi connectivity index (χ0) is 31.3. The summed E-state index contributed by atoms with van der Waals surface area (Å²) >= 11 is 6.19. The van der Waals surface area contributed by atoms with E-state index in [1.165, 1.54) is 0 Å². The molecular formula is C32H44ClN3O7. The Morgan fingerprint density at radius 3 is 1.86 bits per heavy atom. The van der Waals surface area contributed by atoms with Crippen LogP contribution in [0.15, 0.2) is 42.5 Å². The number of nitrogens with two attached hydrogens (primary N) is 1. The summed E-state index contributed by atoms with van der Waals surface area (Å²) in [5.74, 6) is 1.09. The molecule has 0 atom stereocenters. The minimum atomic E-state index is -0.346. The Morgan fingerprint density at radius 1 is 0.837 bits per heavy atom. The molecule has 10 nitrogen and oxygen atoms in total. The number of ether oxygens (including phenoxy) is 6. The first-order valence-electron chi connectivity index (χ1n) is 14.5.